The highest BCUT2D eigenvalue weighted by atomic mass is 14.1. The van der Waals surface area contributed by atoms with E-state index in [-0.39, 0.29) is 0 Å². The molecule has 0 atom stereocenters. The summed E-state index contributed by atoms with van der Waals surface area (Å²) in [5.41, 5.74) is 11.6. The molecule has 0 aliphatic heterocycles. The monoisotopic (exact) mass is 362 g/mol. The predicted octanol–water partition coefficient (Wildman–Crippen LogP) is 6.34. The molecular weight excluding hydrogens is 336 g/mol. The van der Waals surface area contributed by atoms with Gasteiger partial charge in [-0.15, -0.1) is 0 Å². The molecule has 138 valence electrons. The van der Waals surface area contributed by atoms with Crippen molar-refractivity contribution >= 4 is 0 Å². The zero-order valence-electron chi connectivity index (χ0n) is 17.6. The Bertz CT molecular complexity index is 1100. The molecule has 0 N–H and O–H groups in total. The average molecular weight is 363 g/mol. The Balaban J connectivity index is 1.93. The van der Waals surface area contributed by atoms with E-state index in [9.17, 15) is 0 Å². The molecule has 3 rings (SSSR count). The summed E-state index contributed by atoms with van der Waals surface area (Å²) in [4.78, 5) is 0. The largest absolute Gasteiger partial charge is 0.0616 e. The third-order valence-corrected chi connectivity index (χ3v) is 4.92. The van der Waals surface area contributed by atoms with Crippen LogP contribution in [0.3, 0.4) is 0 Å². The molecule has 0 aliphatic rings. The topological polar surface area (TPSA) is 0 Å². The first kappa shape index (κ1) is 19.5. The lowest BCUT2D eigenvalue weighted by Gasteiger charge is -2.06. The lowest BCUT2D eigenvalue weighted by atomic mass is 9.97. The molecule has 0 heteroatoms. The van der Waals surface area contributed by atoms with E-state index >= 15 is 0 Å². The molecule has 0 aromatic heterocycles. The maximum absolute atomic E-state index is 3.38. The molecule has 0 fully saturated rings. The van der Waals surface area contributed by atoms with Crippen LogP contribution in [-0.4, -0.2) is 0 Å². The van der Waals surface area contributed by atoms with E-state index in [0.717, 1.165) is 22.3 Å². The molecule has 0 aliphatic carbocycles. The van der Waals surface area contributed by atoms with Gasteiger partial charge in [-0.05, 0) is 88.1 Å². The number of hydrogen-bond donors (Lipinski definition) is 0. The smallest absolute Gasteiger partial charge is 0.0308 e. The van der Waals surface area contributed by atoms with Crippen molar-refractivity contribution in [2.75, 3.05) is 0 Å². The minimum absolute atomic E-state index is 1.04. The van der Waals surface area contributed by atoms with Crippen LogP contribution >= 0.6 is 0 Å². The van der Waals surface area contributed by atoms with Gasteiger partial charge in [0.2, 0.25) is 0 Å². The molecule has 0 bridgehead atoms. The third-order valence-electron chi connectivity index (χ3n) is 4.92. The lowest BCUT2D eigenvalue weighted by Crippen LogP contribution is -1.92. The molecule has 0 saturated heterocycles. The second-order valence-electron chi connectivity index (χ2n) is 7.62. The van der Waals surface area contributed by atoms with Gasteiger partial charge >= 0.3 is 0 Å². The zero-order chi connectivity index (χ0) is 20.3. The van der Waals surface area contributed by atoms with Crippen LogP contribution in [-0.2, 0) is 0 Å². The van der Waals surface area contributed by atoms with Crippen molar-refractivity contribution in [3.63, 3.8) is 0 Å². The van der Waals surface area contributed by atoms with Gasteiger partial charge in [-0.1, -0.05) is 59.1 Å². The fraction of sp³-hybridized carbons (Fsp3) is 0.214. The van der Waals surface area contributed by atoms with Crippen LogP contribution in [0.1, 0.15) is 55.6 Å². The van der Waals surface area contributed by atoms with Crippen molar-refractivity contribution in [1.29, 1.82) is 0 Å². The van der Waals surface area contributed by atoms with E-state index in [1.165, 1.54) is 33.4 Å². The Labute approximate surface area is 169 Å². The van der Waals surface area contributed by atoms with Crippen molar-refractivity contribution in [2.45, 2.75) is 41.5 Å². The Kier molecular flexibility index (Phi) is 5.73. The van der Waals surface area contributed by atoms with Crippen molar-refractivity contribution in [1.82, 2.24) is 0 Å². The van der Waals surface area contributed by atoms with Gasteiger partial charge in [0.15, 0.2) is 0 Å². The van der Waals surface area contributed by atoms with Crippen molar-refractivity contribution in [3.8, 4) is 23.7 Å². The SMILES string of the molecule is Cc1ccc(C#Cc2c(C)cc(C#Cc3c(C)cc(C)cc3C)cc2C)cc1. The van der Waals surface area contributed by atoms with E-state index in [4.69, 9.17) is 0 Å². The quantitative estimate of drug-likeness (QED) is 0.410. The zero-order valence-corrected chi connectivity index (χ0v) is 17.6. The van der Waals surface area contributed by atoms with Gasteiger partial charge in [-0.25, -0.2) is 0 Å². The fourth-order valence-corrected chi connectivity index (χ4v) is 3.52. The molecule has 0 radical (unpaired) electrons. The Morgan fingerprint density at radius 3 is 1.36 bits per heavy atom. The lowest BCUT2D eigenvalue weighted by molar-refractivity contribution is 1.29. The second kappa shape index (κ2) is 8.21. The molecule has 0 nitrogen and oxygen atoms in total. The summed E-state index contributed by atoms with van der Waals surface area (Å²) in [6, 6.07) is 17.0. The molecular formula is C28H26. The minimum Gasteiger partial charge on any atom is -0.0616 e. The normalized spacial score (nSPS) is 9.93. The van der Waals surface area contributed by atoms with Crippen molar-refractivity contribution in [3.05, 3.63) is 104 Å². The molecule has 28 heavy (non-hydrogen) atoms. The standard InChI is InChI=1S/C28H26/c1-19-7-9-25(10-8-19)11-13-28-23(5)17-26(18-24(28)6)12-14-27-21(3)15-20(2)16-22(27)4/h7-10,15-18H,1-6H3. The highest BCUT2D eigenvalue weighted by molar-refractivity contribution is 5.56. The van der Waals surface area contributed by atoms with Gasteiger partial charge in [-0.3, -0.25) is 0 Å². The summed E-state index contributed by atoms with van der Waals surface area (Å²) in [5.74, 6) is 13.4. The van der Waals surface area contributed by atoms with Crippen LogP contribution in [0.4, 0.5) is 0 Å². The summed E-state index contributed by atoms with van der Waals surface area (Å²) < 4.78 is 0. The van der Waals surface area contributed by atoms with Crippen molar-refractivity contribution in [2.24, 2.45) is 0 Å². The number of benzene rings is 3. The minimum atomic E-state index is 1.04. The molecule has 0 heterocycles. The maximum Gasteiger partial charge on any atom is 0.0308 e. The number of hydrogen-bond acceptors (Lipinski definition) is 0. The highest BCUT2D eigenvalue weighted by Crippen LogP contribution is 2.18. The molecule has 0 saturated carbocycles. The van der Waals surface area contributed by atoms with Gasteiger partial charge in [0.25, 0.3) is 0 Å². The molecule has 0 unspecified atom stereocenters. The average Bonchev–Trinajstić information content (AvgIpc) is 2.61. The van der Waals surface area contributed by atoms with Crippen LogP contribution in [0.15, 0.2) is 48.5 Å². The number of aryl methyl sites for hydroxylation is 6. The highest BCUT2D eigenvalue weighted by Gasteiger charge is 2.03. The van der Waals surface area contributed by atoms with Crippen LogP contribution in [0, 0.1) is 65.2 Å². The van der Waals surface area contributed by atoms with Gasteiger partial charge < -0.3 is 0 Å². The Morgan fingerprint density at radius 2 is 0.857 bits per heavy atom. The van der Waals surface area contributed by atoms with E-state index in [1.54, 1.807) is 0 Å². The second-order valence-corrected chi connectivity index (χ2v) is 7.62. The summed E-state index contributed by atoms with van der Waals surface area (Å²) in [6.07, 6.45) is 0. The van der Waals surface area contributed by atoms with E-state index in [1.807, 2.05) is 0 Å². The summed E-state index contributed by atoms with van der Waals surface area (Å²) >= 11 is 0. The van der Waals surface area contributed by atoms with Crippen LogP contribution in [0.5, 0.6) is 0 Å². The van der Waals surface area contributed by atoms with E-state index in [2.05, 4.69) is 114 Å². The summed E-state index contributed by atoms with van der Waals surface area (Å²) in [6.45, 7) is 12.7. The molecule has 0 amide bonds. The van der Waals surface area contributed by atoms with Gasteiger partial charge in [0.1, 0.15) is 0 Å². The fourth-order valence-electron chi connectivity index (χ4n) is 3.52. The maximum atomic E-state index is 3.38. The van der Waals surface area contributed by atoms with E-state index in [0.29, 0.717) is 0 Å². The van der Waals surface area contributed by atoms with E-state index < -0.39 is 0 Å². The molecule has 3 aromatic carbocycles. The van der Waals surface area contributed by atoms with Crippen LogP contribution < -0.4 is 0 Å². The van der Waals surface area contributed by atoms with Crippen molar-refractivity contribution < 1.29 is 0 Å². The molecule has 0 spiro atoms. The first-order valence-corrected chi connectivity index (χ1v) is 9.63. The van der Waals surface area contributed by atoms with Gasteiger partial charge in [0, 0.05) is 22.3 Å². The van der Waals surface area contributed by atoms with Gasteiger partial charge in [0.05, 0.1) is 0 Å². The van der Waals surface area contributed by atoms with Crippen LogP contribution in [0.2, 0.25) is 0 Å². The summed E-state index contributed by atoms with van der Waals surface area (Å²) in [7, 11) is 0. The van der Waals surface area contributed by atoms with Crippen LogP contribution in [0.25, 0.3) is 0 Å². The summed E-state index contributed by atoms with van der Waals surface area (Å²) in [5, 5.41) is 0. The Morgan fingerprint density at radius 1 is 0.429 bits per heavy atom. The Hall–Kier alpha value is -3.22. The molecule has 3 aromatic rings. The number of rotatable bonds is 0. The first-order chi connectivity index (χ1) is 13.3. The van der Waals surface area contributed by atoms with Gasteiger partial charge in [-0.2, -0.15) is 0 Å². The first-order valence-electron chi connectivity index (χ1n) is 9.63. The predicted molar refractivity (Wildman–Crippen MR) is 120 cm³/mol. The third kappa shape index (κ3) is 4.54.